The van der Waals surface area contributed by atoms with Crippen LogP contribution in [-0.2, 0) is 0 Å². The molecule has 0 atom stereocenters. The number of aromatic nitrogens is 2. The lowest BCUT2D eigenvalue weighted by Crippen LogP contribution is -2.32. The minimum Gasteiger partial charge on any atom is -0.456 e. The fourth-order valence-corrected chi connectivity index (χ4v) is 9.80. The van der Waals surface area contributed by atoms with Crippen molar-refractivity contribution in [2.45, 2.75) is 6.92 Å². The van der Waals surface area contributed by atoms with Gasteiger partial charge in [-0.2, -0.15) is 0 Å². The van der Waals surface area contributed by atoms with Gasteiger partial charge < -0.3 is 18.5 Å². The van der Waals surface area contributed by atoms with E-state index in [1.54, 1.807) is 0 Å². The number of fused-ring (bicyclic) bond motifs is 8. The number of anilines is 1. The van der Waals surface area contributed by atoms with Crippen molar-refractivity contribution in [2.75, 3.05) is 11.9 Å². The Balaban J connectivity index is 1.08. The fourth-order valence-electron chi connectivity index (χ4n) is 9.80. The van der Waals surface area contributed by atoms with Crippen LogP contribution in [0.4, 0.5) is 5.69 Å². The molecule has 0 saturated carbocycles. The highest BCUT2D eigenvalue weighted by Crippen LogP contribution is 2.41. The monoisotopic (exact) mass is 795 g/mol. The number of rotatable bonds is 5. The number of benzene rings is 8. The Labute approximate surface area is 359 Å². The molecule has 0 fully saturated rings. The van der Waals surface area contributed by atoms with Crippen LogP contribution in [0.3, 0.4) is 0 Å². The molecule has 0 bridgehead atoms. The van der Waals surface area contributed by atoms with Gasteiger partial charge in [-0.3, -0.25) is 0 Å². The molecule has 11 aromatic rings. The summed E-state index contributed by atoms with van der Waals surface area (Å²) in [6.07, 6.45) is 8.57. The fraction of sp³-hybridized carbons (Fsp3) is 0.0345. The number of allylic oxidation sites excluding steroid dienone is 2. The third kappa shape index (κ3) is 5.54. The Morgan fingerprint density at radius 2 is 1.05 bits per heavy atom. The van der Waals surface area contributed by atoms with Gasteiger partial charge in [0.15, 0.2) is 0 Å². The third-order valence-electron chi connectivity index (χ3n) is 12.6. The summed E-state index contributed by atoms with van der Waals surface area (Å²) in [7, 11) is 2.18. The van der Waals surface area contributed by atoms with Crippen LogP contribution in [0.15, 0.2) is 211 Å². The summed E-state index contributed by atoms with van der Waals surface area (Å²) in [4.78, 5) is 2.32. The molecule has 3 aromatic heterocycles. The van der Waals surface area contributed by atoms with E-state index in [1.807, 2.05) is 6.92 Å². The Bertz CT molecular complexity index is 3730. The molecule has 0 unspecified atom stereocenters. The zero-order valence-corrected chi connectivity index (χ0v) is 34.5. The van der Waals surface area contributed by atoms with E-state index in [1.165, 1.54) is 54.7 Å². The topological polar surface area (TPSA) is 26.2 Å². The second-order valence-electron chi connectivity index (χ2n) is 16.1. The molecule has 0 spiro atoms. The summed E-state index contributed by atoms with van der Waals surface area (Å²) in [6, 6.07) is 68.0. The molecule has 0 amide bonds. The Morgan fingerprint density at radius 3 is 1.77 bits per heavy atom. The van der Waals surface area contributed by atoms with Crippen molar-refractivity contribution in [1.29, 1.82) is 0 Å². The molecule has 0 radical (unpaired) electrons. The smallest absolute Gasteiger partial charge is 0.137 e. The minimum absolute atomic E-state index is 0.826. The summed E-state index contributed by atoms with van der Waals surface area (Å²) in [6.45, 7) is 2.04. The van der Waals surface area contributed by atoms with Gasteiger partial charge in [-0.15, -0.1) is 0 Å². The highest BCUT2D eigenvalue weighted by Gasteiger charge is 2.24. The first kappa shape index (κ1) is 35.8. The molecule has 4 heteroatoms. The first-order valence-electron chi connectivity index (χ1n) is 21.3. The molecule has 1 aliphatic heterocycles. The van der Waals surface area contributed by atoms with Crippen LogP contribution in [0.2, 0.25) is 0 Å². The maximum absolute atomic E-state index is 6.76. The van der Waals surface area contributed by atoms with Crippen molar-refractivity contribution in [1.82, 2.24) is 9.13 Å². The lowest BCUT2D eigenvalue weighted by molar-refractivity contribution is 0.575. The molecule has 1 aliphatic rings. The zero-order chi connectivity index (χ0) is 41.3. The van der Waals surface area contributed by atoms with Crippen molar-refractivity contribution in [3.05, 3.63) is 228 Å². The van der Waals surface area contributed by atoms with Crippen LogP contribution in [-0.4, -0.2) is 16.2 Å². The van der Waals surface area contributed by atoms with Gasteiger partial charge in [0, 0.05) is 56.6 Å². The van der Waals surface area contributed by atoms with Crippen LogP contribution in [0.1, 0.15) is 18.1 Å². The first-order valence-corrected chi connectivity index (χ1v) is 21.3. The Kier molecular flexibility index (Phi) is 8.26. The van der Waals surface area contributed by atoms with Crippen molar-refractivity contribution in [2.24, 2.45) is 0 Å². The van der Waals surface area contributed by atoms with Gasteiger partial charge in [0.25, 0.3) is 0 Å². The van der Waals surface area contributed by atoms with Crippen LogP contribution in [0.25, 0.3) is 94.4 Å². The number of hydrogen-bond donors (Lipinski definition) is 0. The van der Waals surface area contributed by atoms with Crippen LogP contribution >= 0.6 is 0 Å². The van der Waals surface area contributed by atoms with Crippen LogP contribution in [0, 0.1) is 0 Å². The van der Waals surface area contributed by atoms with Gasteiger partial charge in [0.05, 0.1) is 33.0 Å². The summed E-state index contributed by atoms with van der Waals surface area (Å²) in [5, 5.41) is 7.10. The van der Waals surface area contributed by atoms with Crippen molar-refractivity contribution >= 4 is 77.6 Å². The summed E-state index contributed by atoms with van der Waals surface area (Å²) in [5.41, 5.74) is 16.8. The molecule has 8 aromatic carbocycles. The minimum atomic E-state index is 0.826. The molecule has 294 valence electrons. The van der Waals surface area contributed by atoms with E-state index in [0.29, 0.717) is 0 Å². The number of furan rings is 1. The van der Waals surface area contributed by atoms with Gasteiger partial charge in [-0.25, -0.2) is 0 Å². The molecule has 0 N–H and O–H groups in total. The van der Waals surface area contributed by atoms with E-state index >= 15 is 0 Å². The summed E-state index contributed by atoms with van der Waals surface area (Å²) >= 11 is 0. The normalized spacial score (nSPS) is 14.3. The maximum atomic E-state index is 6.76. The van der Waals surface area contributed by atoms with E-state index in [2.05, 4.69) is 233 Å². The van der Waals surface area contributed by atoms with Crippen molar-refractivity contribution in [3.8, 4) is 22.5 Å². The van der Waals surface area contributed by atoms with Crippen LogP contribution < -0.4 is 15.5 Å². The number of para-hydroxylation sites is 5. The number of nitrogens with zero attached hydrogens (tertiary/aromatic N) is 3. The molecule has 4 nitrogen and oxygen atoms in total. The average Bonchev–Trinajstić information content (AvgIpc) is 3.98. The highest BCUT2D eigenvalue weighted by molar-refractivity contribution is 6.11. The maximum Gasteiger partial charge on any atom is 0.137 e. The first-order chi connectivity index (χ1) is 30.6. The van der Waals surface area contributed by atoms with Gasteiger partial charge in [0.1, 0.15) is 11.0 Å². The number of hydrogen-bond acceptors (Lipinski definition) is 2. The average molecular weight is 796 g/mol. The molecular weight excluding hydrogens is 755 g/mol. The van der Waals surface area contributed by atoms with E-state index in [4.69, 9.17) is 4.42 Å². The Hall–Kier alpha value is -8.08. The lowest BCUT2D eigenvalue weighted by Gasteiger charge is -2.30. The van der Waals surface area contributed by atoms with Gasteiger partial charge in [0.2, 0.25) is 0 Å². The van der Waals surface area contributed by atoms with Crippen LogP contribution in [0.5, 0.6) is 0 Å². The van der Waals surface area contributed by atoms with E-state index < -0.39 is 0 Å². The largest absolute Gasteiger partial charge is 0.456 e. The SMILES string of the molecule is C\C=C/C=c1/oc2ccc(-c3ccc4c(c3)c3ccccc3n4-c3ccccc3)cc2/c1=C1\C=C(c2cccc(-n3c4ccccc4c4ccccc43)c2)c2ccccc2N1C. The van der Waals surface area contributed by atoms with E-state index in [9.17, 15) is 0 Å². The predicted molar refractivity (Wildman–Crippen MR) is 261 cm³/mol. The highest BCUT2D eigenvalue weighted by atomic mass is 16.3. The Morgan fingerprint density at radius 1 is 0.468 bits per heavy atom. The molecule has 0 saturated heterocycles. The number of likely N-dealkylation sites (N-methyl/N-ethyl adjacent to an activating group) is 1. The zero-order valence-electron chi connectivity index (χ0n) is 34.5. The third-order valence-corrected chi connectivity index (χ3v) is 12.6. The summed E-state index contributed by atoms with van der Waals surface area (Å²) < 4.78 is 11.5. The standard InChI is InChI=1S/C58H41N3O/c1-3-4-29-57-58(49-36-39(31-33-56(49)62-57)38-30-32-54-48(35-38)46-24-11-15-28-53(46)60(54)41-18-6-5-7-19-41)55-37-47(45-23-8-12-25-50(45)59(55)2)40-17-16-20-42(34-40)61-51-26-13-9-21-43(51)44-22-10-14-27-52(44)61/h3-37H,1-2H3/b4-3-,57-29+,58-55-. The van der Waals surface area contributed by atoms with Crippen molar-refractivity contribution < 1.29 is 4.42 Å². The molecule has 0 aliphatic carbocycles. The van der Waals surface area contributed by atoms with Crippen molar-refractivity contribution in [3.63, 3.8) is 0 Å². The predicted octanol–water partition coefficient (Wildman–Crippen LogP) is 13.3. The van der Waals surface area contributed by atoms with Gasteiger partial charge in [-0.1, -0.05) is 127 Å². The lowest BCUT2D eigenvalue weighted by atomic mass is 9.91. The molecule has 12 rings (SSSR count). The second-order valence-corrected chi connectivity index (χ2v) is 16.1. The van der Waals surface area contributed by atoms with Gasteiger partial charge in [-0.05, 0) is 114 Å². The quantitative estimate of drug-likeness (QED) is 0.173. The summed E-state index contributed by atoms with van der Waals surface area (Å²) in [5.74, 6) is 0. The van der Waals surface area contributed by atoms with E-state index in [0.717, 1.165) is 61.1 Å². The van der Waals surface area contributed by atoms with Gasteiger partial charge >= 0.3 is 0 Å². The van der Waals surface area contributed by atoms with E-state index in [-0.39, 0.29) is 0 Å². The molecular formula is C58H41N3O. The molecule has 4 heterocycles. The molecule has 62 heavy (non-hydrogen) atoms. The second kappa shape index (κ2) is 14.3.